The second-order valence-corrected chi connectivity index (χ2v) is 4.16. The van der Waals surface area contributed by atoms with Gasteiger partial charge in [0.05, 0.1) is 16.8 Å². The van der Waals surface area contributed by atoms with Crippen LogP contribution >= 0.6 is 11.6 Å². The fraction of sp³-hybridized carbons (Fsp3) is 0. The van der Waals surface area contributed by atoms with Crippen molar-refractivity contribution in [3.05, 3.63) is 69.2 Å². The van der Waals surface area contributed by atoms with Gasteiger partial charge in [-0.25, -0.2) is 0 Å². The molecular weight excluding hydrogens is 266 g/mol. The Kier molecular flexibility index (Phi) is 4.10. The van der Waals surface area contributed by atoms with Crippen LogP contribution in [0.1, 0.15) is 5.56 Å². The van der Waals surface area contributed by atoms with E-state index < -0.39 is 4.92 Å². The molecule has 0 unspecified atom stereocenters. The van der Waals surface area contributed by atoms with Crippen LogP contribution in [0.15, 0.2) is 53.6 Å². The minimum atomic E-state index is -0.444. The van der Waals surface area contributed by atoms with Gasteiger partial charge in [0, 0.05) is 17.2 Å². The molecule has 6 heteroatoms. The van der Waals surface area contributed by atoms with Crippen LogP contribution in [-0.4, -0.2) is 11.1 Å². The summed E-state index contributed by atoms with van der Waals surface area (Å²) in [6.45, 7) is 0. The quantitative estimate of drug-likeness (QED) is 0.525. The third kappa shape index (κ3) is 3.79. The van der Waals surface area contributed by atoms with E-state index in [1.165, 1.54) is 12.1 Å². The lowest BCUT2D eigenvalue weighted by molar-refractivity contribution is -0.384. The van der Waals surface area contributed by atoms with E-state index in [0.717, 1.165) is 5.56 Å². The van der Waals surface area contributed by atoms with E-state index in [4.69, 9.17) is 11.6 Å². The molecule has 0 aliphatic carbocycles. The van der Waals surface area contributed by atoms with E-state index in [1.54, 1.807) is 30.5 Å². The second kappa shape index (κ2) is 5.97. The molecule has 2 aromatic carbocycles. The zero-order chi connectivity index (χ0) is 13.7. The molecule has 0 atom stereocenters. The highest BCUT2D eigenvalue weighted by Gasteiger charge is 2.02. The Hall–Kier alpha value is -2.40. The maximum Gasteiger partial charge on any atom is 0.269 e. The highest BCUT2D eigenvalue weighted by atomic mass is 35.5. The summed E-state index contributed by atoms with van der Waals surface area (Å²) in [6, 6.07) is 13.2. The number of anilines is 1. The molecule has 0 fully saturated rings. The zero-order valence-corrected chi connectivity index (χ0v) is 10.5. The first-order chi connectivity index (χ1) is 9.15. The van der Waals surface area contributed by atoms with Gasteiger partial charge in [-0.1, -0.05) is 23.7 Å². The lowest BCUT2D eigenvalue weighted by atomic mass is 10.2. The van der Waals surface area contributed by atoms with Crippen molar-refractivity contribution in [2.75, 3.05) is 5.43 Å². The molecule has 0 saturated carbocycles. The summed E-state index contributed by atoms with van der Waals surface area (Å²) in [5.41, 5.74) is 4.41. The van der Waals surface area contributed by atoms with Gasteiger partial charge in [-0.15, -0.1) is 0 Å². The predicted molar refractivity (Wildman–Crippen MR) is 75.8 cm³/mol. The molecule has 0 aliphatic rings. The summed E-state index contributed by atoms with van der Waals surface area (Å²) in [7, 11) is 0. The Morgan fingerprint density at radius 2 is 1.74 bits per heavy atom. The average molecular weight is 276 g/mol. The number of nitro groups is 1. The second-order valence-electron chi connectivity index (χ2n) is 3.73. The summed E-state index contributed by atoms with van der Waals surface area (Å²) in [6.07, 6.45) is 1.64. The van der Waals surface area contributed by atoms with Crippen LogP contribution < -0.4 is 5.43 Å². The molecule has 2 aromatic rings. The van der Waals surface area contributed by atoms with Crippen molar-refractivity contribution in [2.45, 2.75) is 0 Å². The molecule has 96 valence electrons. The number of rotatable bonds is 4. The Morgan fingerprint density at radius 3 is 2.32 bits per heavy atom. The van der Waals surface area contributed by atoms with Gasteiger partial charge in [0.2, 0.25) is 0 Å². The number of nitrogens with one attached hydrogen (secondary N) is 1. The number of nitrogens with zero attached hydrogens (tertiary/aromatic N) is 2. The standard InChI is InChI=1S/C13H10ClN3O2/c14-11-3-1-10(2-4-11)9-15-16-12-5-7-13(8-6-12)17(18)19/h1-9,16H/b15-9+. The average Bonchev–Trinajstić information content (AvgIpc) is 2.41. The number of benzene rings is 2. The topological polar surface area (TPSA) is 67.5 Å². The molecule has 0 saturated heterocycles. The van der Waals surface area contributed by atoms with E-state index in [-0.39, 0.29) is 5.69 Å². The van der Waals surface area contributed by atoms with Crippen molar-refractivity contribution in [3.8, 4) is 0 Å². The van der Waals surface area contributed by atoms with Crippen molar-refractivity contribution in [3.63, 3.8) is 0 Å². The summed E-state index contributed by atoms with van der Waals surface area (Å²) >= 11 is 5.77. The number of nitro benzene ring substituents is 1. The van der Waals surface area contributed by atoms with Crippen LogP contribution in [0.5, 0.6) is 0 Å². The van der Waals surface area contributed by atoms with E-state index >= 15 is 0 Å². The van der Waals surface area contributed by atoms with E-state index in [2.05, 4.69) is 10.5 Å². The highest BCUT2D eigenvalue weighted by Crippen LogP contribution is 2.15. The molecular formula is C13H10ClN3O2. The molecule has 0 spiro atoms. The molecule has 0 aromatic heterocycles. The third-order valence-electron chi connectivity index (χ3n) is 2.36. The van der Waals surface area contributed by atoms with Gasteiger partial charge >= 0.3 is 0 Å². The van der Waals surface area contributed by atoms with Crippen LogP contribution in [0, 0.1) is 10.1 Å². The number of hydrogen-bond donors (Lipinski definition) is 1. The lowest BCUT2D eigenvalue weighted by Gasteiger charge is -1.99. The Balaban J connectivity index is 1.98. The largest absolute Gasteiger partial charge is 0.278 e. The van der Waals surface area contributed by atoms with Crippen LogP contribution in [0.2, 0.25) is 5.02 Å². The van der Waals surface area contributed by atoms with Crippen LogP contribution in [-0.2, 0) is 0 Å². The van der Waals surface area contributed by atoms with Gasteiger partial charge in [-0.2, -0.15) is 5.10 Å². The lowest BCUT2D eigenvalue weighted by Crippen LogP contribution is -1.92. The SMILES string of the molecule is O=[N+]([O-])c1ccc(N/N=C/c2ccc(Cl)cc2)cc1. The molecule has 0 amide bonds. The van der Waals surface area contributed by atoms with Crippen molar-refractivity contribution in [2.24, 2.45) is 5.10 Å². The minimum Gasteiger partial charge on any atom is -0.278 e. The third-order valence-corrected chi connectivity index (χ3v) is 2.61. The van der Waals surface area contributed by atoms with Crippen molar-refractivity contribution < 1.29 is 4.92 Å². The number of non-ortho nitro benzene ring substituents is 1. The van der Waals surface area contributed by atoms with Crippen molar-refractivity contribution in [1.82, 2.24) is 0 Å². The first kappa shape index (κ1) is 13.0. The Bertz CT molecular complexity index is 594. The van der Waals surface area contributed by atoms with Crippen molar-refractivity contribution >= 4 is 29.2 Å². The first-order valence-corrected chi connectivity index (χ1v) is 5.82. The minimum absolute atomic E-state index is 0.0484. The summed E-state index contributed by atoms with van der Waals surface area (Å²) in [5, 5.41) is 15.2. The molecule has 5 nitrogen and oxygen atoms in total. The fourth-order valence-corrected chi connectivity index (χ4v) is 1.51. The van der Waals surface area contributed by atoms with E-state index in [1.807, 2.05) is 12.1 Å². The van der Waals surface area contributed by atoms with Crippen LogP contribution in [0.4, 0.5) is 11.4 Å². The summed E-state index contributed by atoms with van der Waals surface area (Å²) in [4.78, 5) is 10.0. The van der Waals surface area contributed by atoms with Crippen molar-refractivity contribution in [1.29, 1.82) is 0 Å². The van der Waals surface area contributed by atoms with Gasteiger partial charge < -0.3 is 0 Å². The fourth-order valence-electron chi connectivity index (χ4n) is 1.39. The van der Waals surface area contributed by atoms with E-state index in [9.17, 15) is 10.1 Å². The van der Waals surface area contributed by atoms with Crippen LogP contribution in [0.3, 0.4) is 0 Å². The smallest absolute Gasteiger partial charge is 0.269 e. The molecule has 0 radical (unpaired) electrons. The Morgan fingerprint density at radius 1 is 1.11 bits per heavy atom. The monoisotopic (exact) mass is 275 g/mol. The van der Waals surface area contributed by atoms with Gasteiger partial charge in [0.1, 0.15) is 0 Å². The van der Waals surface area contributed by atoms with Gasteiger partial charge in [-0.05, 0) is 29.8 Å². The van der Waals surface area contributed by atoms with Gasteiger partial charge in [0.25, 0.3) is 5.69 Å². The molecule has 19 heavy (non-hydrogen) atoms. The number of hydrazone groups is 1. The summed E-state index contributed by atoms with van der Waals surface area (Å²) < 4.78 is 0. The maximum atomic E-state index is 10.5. The van der Waals surface area contributed by atoms with E-state index in [0.29, 0.717) is 10.7 Å². The molecule has 2 rings (SSSR count). The molecule has 0 aliphatic heterocycles. The van der Waals surface area contributed by atoms with Gasteiger partial charge in [-0.3, -0.25) is 15.5 Å². The normalized spacial score (nSPS) is 10.6. The highest BCUT2D eigenvalue weighted by molar-refractivity contribution is 6.30. The number of halogens is 1. The first-order valence-electron chi connectivity index (χ1n) is 5.44. The molecule has 0 bridgehead atoms. The zero-order valence-electron chi connectivity index (χ0n) is 9.79. The predicted octanol–water partition coefficient (Wildman–Crippen LogP) is 3.69. The Labute approximate surface area is 114 Å². The summed E-state index contributed by atoms with van der Waals surface area (Å²) in [5.74, 6) is 0. The van der Waals surface area contributed by atoms with Gasteiger partial charge in [0.15, 0.2) is 0 Å². The molecule has 1 N–H and O–H groups in total. The molecule has 0 heterocycles. The van der Waals surface area contributed by atoms with Crippen LogP contribution in [0.25, 0.3) is 0 Å². The maximum absolute atomic E-state index is 10.5. The number of hydrogen-bond acceptors (Lipinski definition) is 4.